The van der Waals surface area contributed by atoms with Crippen LogP contribution in [-0.2, 0) is 11.2 Å². The summed E-state index contributed by atoms with van der Waals surface area (Å²) in [6, 6.07) is 7.53. The van der Waals surface area contributed by atoms with E-state index in [4.69, 9.17) is 10.5 Å². The van der Waals surface area contributed by atoms with E-state index in [1.807, 2.05) is 24.3 Å². The van der Waals surface area contributed by atoms with Crippen LogP contribution in [0.15, 0.2) is 24.3 Å². The largest absolute Gasteiger partial charge is 0.497 e. The molecule has 1 aliphatic carbocycles. The summed E-state index contributed by atoms with van der Waals surface area (Å²) < 4.78 is 5.07. The molecule has 1 saturated carbocycles. The standard InChI is InChI=1S/C14H20N2O2.ClH/c1-18-12-5-3-11(4-6-12)9-13(17)16-10-14(15)7-2-8-14;/h3-6H,2,7-10,15H2,1H3,(H,16,17);1H. The molecule has 0 heterocycles. The molecule has 0 radical (unpaired) electrons. The van der Waals surface area contributed by atoms with Crippen LogP contribution in [-0.4, -0.2) is 25.1 Å². The highest BCUT2D eigenvalue weighted by molar-refractivity contribution is 5.85. The predicted molar refractivity (Wildman–Crippen MR) is 77.7 cm³/mol. The summed E-state index contributed by atoms with van der Waals surface area (Å²) in [5.74, 6) is 0.825. The van der Waals surface area contributed by atoms with Crippen molar-refractivity contribution < 1.29 is 9.53 Å². The molecule has 0 saturated heterocycles. The minimum atomic E-state index is -0.157. The first-order valence-corrected chi connectivity index (χ1v) is 6.30. The molecule has 106 valence electrons. The van der Waals surface area contributed by atoms with Gasteiger partial charge in [0.2, 0.25) is 5.91 Å². The average Bonchev–Trinajstić information content (AvgIpc) is 2.35. The third kappa shape index (κ3) is 4.40. The van der Waals surface area contributed by atoms with Crippen molar-refractivity contribution in [2.24, 2.45) is 5.73 Å². The van der Waals surface area contributed by atoms with Gasteiger partial charge in [-0.1, -0.05) is 12.1 Å². The van der Waals surface area contributed by atoms with Gasteiger partial charge < -0.3 is 15.8 Å². The Kier molecular flexibility index (Phi) is 5.63. The van der Waals surface area contributed by atoms with E-state index in [0.717, 1.165) is 24.2 Å². The van der Waals surface area contributed by atoms with Crippen molar-refractivity contribution in [3.8, 4) is 5.75 Å². The first kappa shape index (κ1) is 15.8. The van der Waals surface area contributed by atoms with E-state index < -0.39 is 0 Å². The summed E-state index contributed by atoms with van der Waals surface area (Å²) in [4.78, 5) is 11.8. The lowest BCUT2D eigenvalue weighted by Gasteiger charge is -2.38. The Morgan fingerprint density at radius 1 is 1.37 bits per heavy atom. The van der Waals surface area contributed by atoms with Gasteiger partial charge in [0.05, 0.1) is 13.5 Å². The summed E-state index contributed by atoms with van der Waals surface area (Å²) in [7, 11) is 1.63. The van der Waals surface area contributed by atoms with E-state index in [0.29, 0.717) is 13.0 Å². The van der Waals surface area contributed by atoms with Crippen LogP contribution < -0.4 is 15.8 Å². The van der Waals surface area contributed by atoms with Crippen molar-refractivity contribution in [2.75, 3.05) is 13.7 Å². The van der Waals surface area contributed by atoms with E-state index in [-0.39, 0.29) is 23.9 Å². The highest BCUT2D eigenvalue weighted by atomic mass is 35.5. The lowest BCUT2D eigenvalue weighted by atomic mass is 9.78. The molecule has 5 heteroatoms. The van der Waals surface area contributed by atoms with Crippen molar-refractivity contribution in [1.82, 2.24) is 5.32 Å². The normalized spacial score (nSPS) is 15.9. The molecule has 2 rings (SSSR count). The summed E-state index contributed by atoms with van der Waals surface area (Å²) in [5.41, 5.74) is 6.87. The van der Waals surface area contributed by atoms with Crippen LogP contribution >= 0.6 is 12.4 Å². The molecule has 0 aromatic heterocycles. The Hall–Kier alpha value is -1.26. The number of rotatable bonds is 5. The number of hydrogen-bond donors (Lipinski definition) is 2. The van der Waals surface area contributed by atoms with E-state index in [1.165, 1.54) is 6.42 Å². The molecule has 19 heavy (non-hydrogen) atoms. The van der Waals surface area contributed by atoms with Gasteiger partial charge in [-0.25, -0.2) is 0 Å². The van der Waals surface area contributed by atoms with Crippen LogP contribution in [0.25, 0.3) is 0 Å². The quantitative estimate of drug-likeness (QED) is 0.864. The zero-order valence-corrected chi connectivity index (χ0v) is 12.0. The summed E-state index contributed by atoms with van der Waals surface area (Å²) in [6.45, 7) is 0.585. The number of carbonyl (C=O) groups is 1. The molecule has 0 spiro atoms. The second kappa shape index (κ2) is 6.78. The number of halogens is 1. The third-order valence-electron chi connectivity index (χ3n) is 3.51. The van der Waals surface area contributed by atoms with Crippen molar-refractivity contribution >= 4 is 18.3 Å². The lowest BCUT2D eigenvalue weighted by molar-refractivity contribution is -0.120. The zero-order valence-electron chi connectivity index (χ0n) is 11.1. The zero-order chi connectivity index (χ0) is 13.0. The SMILES string of the molecule is COc1ccc(CC(=O)NCC2(N)CCC2)cc1.Cl. The Labute approximate surface area is 120 Å². The molecular formula is C14H21ClN2O2. The van der Waals surface area contributed by atoms with E-state index >= 15 is 0 Å². The molecule has 1 aliphatic rings. The fourth-order valence-electron chi connectivity index (χ4n) is 2.07. The highest BCUT2D eigenvalue weighted by Crippen LogP contribution is 2.28. The van der Waals surface area contributed by atoms with Crippen LogP contribution in [0.4, 0.5) is 0 Å². The summed E-state index contributed by atoms with van der Waals surface area (Å²) >= 11 is 0. The lowest BCUT2D eigenvalue weighted by Crippen LogP contribution is -2.55. The van der Waals surface area contributed by atoms with Gasteiger partial charge in [-0.3, -0.25) is 4.79 Å². The first-order chi connectivity index (χ1) is 8.61. The minimum absolute atomic E-state index is 0. The Bertz CT molecular complexity index is 416. The number of methoxy groups -OCH3 is 1. The molecule has 0 aliphatic heterocycles. The molecule has 4 nitrogen and oxygen atoms in total. The van der Waals surface area contributed by atoms with Gasteiger partial charge in [-0.15, -0.1) is 12.4 Å². The van der Waals surface area contributed by atoms with E-state index in [2.05, 4.69) is 5.32 Å². The molecule has 0 unspecified atom stereocenters. The topological polar surface area (TPSA) is 64.3 Å². The van der Waals surface area contributed by atoms with Gasteiger partial charge in [0.15, 0.2) is 0 Å². The van der Waals surface area contributed by atoms with Crippen molar-refractivity contribution in [2.45, 2.75) is 31.2 Å². The minimum Gasteiger partial charge on any atom is -0.497 e. The second-order valence-corrected chi connectivity index (χ2v) is 5.02. The summed E-state index contributed by atoms with van der Waals surface area (Å²) in [6.07, 6.45) is 3.58. The smallest absolute Gasteiger partial charge is 0.224 e. The van der Waals surface area contributed by atoms with Gasteiger partial charge in [0.1, 0.15) is 5.75 Å². The first-order valence-electron chi connectivity index (χ1n) is 6.30. The van der Waals surface area contributed by atoms with Crippen LogP contribution in [0.1, 0.15) is 24.8 Å². The third-order valence-corrected chi connectivity index (χ3v) is 3.51. The summed E-state index contributed by atoms with van der Waals surface area (Å²) in [5, 5.41) is 2.91. The maximum atomic E-state index is 11.8. The fourth-order valence-corrected chi connectivity index (χ4v) is 2.07. The molecule has 1 aromatic carbocycles. The van der Waals surface area contributed by atoms with E-state index in [1.54, 1.807) is 7.11 Å². The highest BCUT2D eigenvalue weighted by Gasteiger charge is 2.32. The maximum Gasteiger partial charge on any atom is 0.224 e. The Morgan fingerprint density at radius 2 is 2.00 bits per heavy atom. The van der Waals surface area contributed by atoms with Crippen molar-refractivity contribution in [1.29, 1.82) is 0 Å². The number of carbonyl (C=O) groups excluding carboxylic acids is 1. The predicted octanol–water partition coefficient (Wildman–Crippen LogP) is 1.66. The molecule has 0 bridgehead atoms. The van der Waals surface area contributed by atoms with Gasteiger partial charge in [-0.05, 0) is 37.0 Å². The monoisotopic (exact) mass is 284 g/mol. The van der Waals surface area contributed by atoms with Crippen LogP contribution in [0.2, 0.25) is 0 Å². The average molecular weight is 285 g/mol. The number of hydrogen-bond acceptors (Lipinski definition) is 3. The van der Waals surface area contributed by atoms with Gasteiger partial charge >= 0.3 is 0 Å². The number of benzene rings is 1. The molecule has 1 amide bonds. The number of ether oxygens (including phenoxy) is 1. The Morgan fingerprint density at radius 3 is 2.47 bits per heavy atom. The van der Waals surface area contributed by atoms with Gasteiger partial charge in [0, 0.05) is 12.1 Å². The number of nitrogens with one attached hydrogen (secondary N) is 1. The molecule has 1 fully saturated rings. The van der Waals surface area contributed by atoms with Crippen molar-refractivity contribution in [3.63, 3.8) is 0 Å². The van der Waals surface area contributed by atoms with Gasteiger partial charge in [0.25, 0.3) is 0 Å². The van der Waals surface area contributed by atoms with Crippen molar-refractivity contribution in [3.05, 3.63) is 29.8 Å². The van der Waals surface area contributed by atoms with Gasteiger partial charge in [-0.2, -0.15) is 0 Å². The second-order valence-electron chi connectivity index (χ2n) is 5.02. The molecule has 1 aromatic rings. The van der Waals surface area contributed by atoms with E-state index in [9.17, 15) is 4.79 Å². The molecular weight excluding hydrogens is 264 g/mol. The Balaban J connectivity index is 0.00000180. The molecule has 3 N–H and O–H groups in total. The van der Waals surface area contributed by atoms with Crippen LogP contribution in [0, 0.1) is 0 Å². The number of nitrogens with two attached hydrogens (primary N) is 1. The molecule has 0 atom stereocenters. The van der Waals surface area contributed by atoms with Crippen LogP contribution in [0.5, 0.6) is 5.75 Å². The fraction of sp³-hybridized carbons (Fsp3) is 0.500. The maximum absolute atomic E-state index is 11.8. The number of amides is 1. The van der Waals surface area contributed by atoms with Crippen LogP contribution in [0.3, 0.4) is 0 Å².